The average Bonchev–Trinajstić information content (AvgIpc) is 2.43. The highest BCUT2D eigenvalue weighted by atomic mass is 32.2. The average molecular weight is 282 g/mol. The maximum Gasteiger partial charge on any atom is 0.251 e. The van der Waals surface area contributed by atoms with Gasteiger partial charge in [-0.3, -0.25) is 9.00 Å². The van der Waals surface area contributed by atoms with E-state index < -0.39 is 10.8 Å². The Morgan fingerprint density at radius 1 is 1.21 bits per heavy atom. The molecule has 1 aromatic carbocycles. The van der Waals surface area contributed by atoms with Crippen LogP contribution in [-0.2, 0) is 10.8 Å². The van der Waals surface area contributed by atoms with Crippen molar-refractivity contribution in [1.29, 1.82) is 0 Å². The molecule has 0 aromatic heterocycles. The lowest BCUT2D eigenvalue weighted by Crippen LogP contribution is -2.34. The van der Waals surface area contributed by atoms with E-state index in [1.165, 1.54) is 0 Å². The number of nitrogens with one attached hydrogen (secondary N) is 1. The Morgan fingerprint density at radius 3 is 2.26 bits per heavy atom. The van der Waals surface area contributed by atoms with Crippen LogP contribution < -0.4 is 5.32 Å². The Balaban J connectivity index is 2.47. The number of amides is 1. The predicted molar refractivity (Wildman–Crippen MR) is 78.9 cm³/mol. The molecule has 19 heavy (non-hydrogen) atoms. The minimum Gasteiger partial charge on any atom is -0.351 e. The van der Waals surface area contributed by atoms with Gasteiger partial charge >= 0.3 is 0 Å². The lowest BCUT2D eigenvalue weighted by atomic mass is 10.2. The van der Waals surface area contributed by atoms with Crippen molar-refractivity contribution < 1.29 is 9.00 Å². The van der Waals surface area contributed by atoms with E-state index >= 15 is 0 Å². The Bertz CT molecular complexity index is 428. The minimum atomic E-state index is -1.00. The second kappa shape index (κ2) is 8.07. The third-order valence-electron chi connectivity index (χ3n) is 3.06. The number of benzene rings is 1. The normalized spacial score (nSPS) is 12.4. The largest absolute Gasteiger partial charge is 0.351 e. The number of carbonyl (C=O) groups is 1. The quantitative estimate of drug-likeness (QED) is 0.824. The van der Waals surface area contributed by atoms with Crippen molar-refractivity contribution in [2.45, 2.75) is 18.7 Å². The van der Waals surface area contributed by atoms with Crippen molar-refractivity contribution in [2.24, 2.45) is 0 Å². The van der Waals surface area contributed by atoms with Crippen LogP contribution in [0.4, 0.5) is 0 Å². The molecular formula is C14H22N2O2S. The molecule has 5 heteroatoms. The highest BCUT2D eigenvalue weighted by Gasteiger charge is 2.06. The zero-order valence-corrected chi connectivity index (χ0v) is 12.6. The molecule has 0 aliphatic carbocycles. The van der Waals surface area contributed by atoms with Crippen molar-refractivity contribution in [3.63, 3.8) is 0 Å². The summed E-state index contributed by atoms with van der Waals surface area (Å²) < 4.78 is 11.2. The molecule has 0 heterocycles. The van der Waals surface area contributed by atoms with Crippen LogP contribution in [0.15, 0.2) is 29.2 Å². The van der Waals surface area contributed by atoms with E-state index in [1.54, 1.807) is 30.5 Å². The molecule has 4 nitrogen and oxygen atoms in total. The topological polar surface area (TPSA) is 49.4 Å². The number of hydrogen-bond donors (Lipinski definition) is 1. The van der Waals surface area contributed by atoms with E-state index in [0.29, 0.717) is 12.1 Å². The predicted octanol–water partition coefficient (Wildman–Crippen LogP) is 1.50. The van der Waals surface area contributed by atoms with Gasteiger partial charge in [0, 0.05) is 40.6 Å². The molecule has 0 radical (unpaired) electrons. The zero-order chi connectivity index (χ0) is 14.3. The molecule has 0 bridgehead atoms. The zero-order valence-electron chi connectivity index (χ0n) is 11.8. The van der Waals surface area contributed by atoms with Gasteiger partial charge < -0.3 is 10.2 Å². The van der Waals surface area contributed by atoms with Gasteiger partial charge in [0.15, 0.2) is 0 Å². The van der Waals surface area contributed by atoms with Crippen LogP contribution in [0, 0.1) is 0 Å². The molecule has 1 rings (SSSR count). The molecular weight excluding hydrogens is 260 g/mol. The molecule has 0 saturated carbocycles. The van der Waals surface area contributed by atoms with Gasteiger partial charge in [0.25, 0.3) is 5.91 Å². The molecule has 1 atom stereocenters. The van der Waals surface area contributed by atoms with Crippen molar-refractivity contribution in [3.8, 4) is 0 Å². The lowest BCUT2D eigenvalue weighted by Gasteiger charge is -2.17. The summed E-state index contributed by atoms with van der Waals surface area (Å²) in [6.07, 6.45) is 1.62. The molecule has 0 spiro atoms. The van der Waals surface area contributed by atoms with Gasteiger partial charge in [-0.1, -0.05) is 13.8 Å². The second-order valence-electron chi connectivity index (χ2n) is 4.26. The summed E-state index contributed by atoms with van der Waals surface area (Å²) in [7, 11) is -1.00. The van der Waals surface area contributed by atoms with E-state index in [-0.39, 0.29) is 5.91 Å². The molecule has 1 unspecified atom stereocenters. The molecule has 0 aliphatic heterocycles. The second-order valence-corrected chi connectivity index (χ2v) is 5.64. The van der Waals surface area contributed by atoms with Gasteiger partial charge in [-0.2, -0.15) is 0 Å². The first-order valence-corrected chi connectivity index (χ1v) is 8.08. The molecule has 0 saturated heterocycles. The first kappa shape index (κ1) is 15.9. The summed E-state index contributed by atoms with van der Waals surface area (Å²) in [5, 5.41) is 2.89. The Labute approximate surface area is 117 Å². The van der Waals surface area contributed by atoms with Gasteiger partial charge in [-0.15, -0.1) is 0 Å². The standard InChI is InChI=1S/C14H22N2O2S/c1-4-16(5-2)11-10-15-14(17)12-6-8-13(9-7-12)19(3)18/h6-9H,4-5,10-11H2,1-3H3,(H,15,17). The summed E-state index contributed by atoms with van der Waals surface area (Å²) in [6, 6.07) is 6.89. The van der Waals surface area contributed by atoms with Crippen LogP contribution in [0.25, 0.3) is 0 Å². The maximum atomic E-state index is 11.9. The van der Waals surface area contributed by atoms with Crippen molar-refractivity contribution in [2.75, 3.05) is 32.4 Å². The highest BCUT2D eigenvalue weighted by Crippen LogP contribution is 2.07. The number of likely N-dealkylation sites (N-methyl/N-ethyl adjacent to an activating group) is 1. The van der Waals surface area contributed by atoms with Gasteiger partial charge in [0.2, 0.25) is 0 Å². The summed E-state index contributed by atoms with van der Waals surface area (Å²) in [5.74, 6) is -0.0828. The Morgan fingerprint density at radius 2 is 1.79 bits per heavy atom. The summed E-state index contributed by atoms with van der Waals surface area (Å²) in [6.45, 7) is 7.69. The molecule has 1 amide bonds. The van der Waals surface area contributed by atoms with Gasteiger partial charge in [0.1, 0.15) is 0 Å². The Kier molecular flexibility index (Phi) is 6.73. The molecule has 1 aromatic rings. The lowest BCUT2D eigenvalue weighted by molar-refractivity contribution is 0.0949. The van der Waals surface area contributed by atoms with Crippen molar-refractivity contribution in [1.82, 2.24) is 10.2 Å². The first-order chi connectivity index (χ1) is 9.08. The molecule has 0 aliphatic rings. The van der Waals surface area contributed by atoms with Gasteiger partial charge in [-0.05, 0) is 37.4 Å². The minimum absolute atomic E-state index is 0.0828. The van der Waals surface area contributed by atoms with Crippen LogP contribution >= 0.6 is 0 Å². The fourth-order valence-electron chi connectivity index (χ4n) is 1.77. The fourth-order valence-corrected chi connectivity index (χ4v) is 2.29. The van der Waals surface area contributed by atoms with E-state index in [4.69, 9.17) is 0 Å². The molecule has 106 valence electrons. The third kappa shape index (κ3) is 5.12. The van der Waals surface area contributed by atoms with Crippen LogP contribution in [-0.4, -0.2) is 47.5 Å². The summed E-state index contributed by atoms with van der Waals surface area (Å²) in [5.41, 5.74) is 0.605. The number of nitrogens with zero attached hydrogens (tertiary/aromatic N) is 1. The van der Waals surface area contributed by atoms with Crippen LogP contribution in [0.3, 0.4) is 0 Å². The highest BCUT2D eigenvalue weighted by molar-refractivity contribution is 7.84. The molecule has 0 fully saturated rings. The summed E-state index contributed by atoms with van der Waals surface area (Å²) >= 11 is 0. The van der Waals surface area contributed by atoms with Gasteiger partial charge in [-0.25, -0.2) is 0 Å². The number of rotatable bonds is 7. The third-order valence-corrected chi connectivity index (χ3v) is 3.99. The van der Waals surface area contributed by atoms with E-state index in [0.717, 1.165) is 24.5 Å². The van der Waals surface area contributed by atoms with E-state index in [9.17, 15) is 9.00 Å². The smallest absolute Gasteiger partial charge is 0.251 e. The van der Waals surface area contributed by atoms with Crippen molar-refractivity contribution >= 4 is 16.7 Å². The maximum absolute atomic E-state index is 11.9. The monoisotopic (exact) mass is 282 g/mol. The summed E-state index contributed by atoms with van der Waals surface area (Å²) in [4.78, 5) is 14.9. The first-order valence-electron chi connectivity index (χ1n) is 6.52. The SMILES string of the molecule is CCN(CC)CCNC(=O)c1ccc(S(C)=O)cc1. The number of hydrogen-bond acceptors (Lipinski definition) is 3. The Hall–Kier alpha value is -1.20. The van der Waals surface area contributed by atoms with E-state index in [1.807, 2.05) is 0 Å². The van der Waals surface area contributed by atoms with Crippen LogP contribution in [0.5, 0.6) is 0 Å². The van der Waals surface area contributed by atoms with Gasteiger partial charge in [0.05, 0.1) is 0 Å². The van der Waals surface area contributed by atoms with Crippen LogP contribution in [0.2, 0.25) is 0 Å². The molecule has 1 N–H and O–H groups in total. The van der Waals surface area contributed by atoms with Crippen molar-refractivity contribution in [3.05, 3.63) is 29.8 Å². The van der Waals surface area contributed by atoms with E-state index in [2.05, 4.69) is 24.1 Å². The fraction of sp³-hybridized carbons (Fsp3) is 0.500. The van der Waals surface area contributed by atoms with Crippen LogP contribution in [0.1, 0.15) is 24.2 Å². The number of carbonyl (C=O) groups excluding carboxylic acids is 1.